The maximum atomic E-state index is 14.2. The van der Waals surface area contributed by atoms with Gasteiger partial charge in [0.25, 0.3) is 11.5 Å². The van der Waals surface area contributed by atoms with E-state index in [2.05, 4.69) is 25.1 Å². The van der Waals surface area contributed by atoms with Gasteiger partial charge in [0.1, 0.15) is 17.9 Å². The summed E-state index contributed by atoms with van der Waals surface area (Å²) in [6, 6.07) is 5.52. The number of fused-ring (bicyclic) bond motifs is 3. The van der Waals surface area contributed by atoms with E-state index in [1.54, 1.807) is 11.9 Å². The van der Waals surface area contributed by atoms with Gasteiger partial charge in [-0.1, -0.05) is 29.6 Å². The minimum absolute atomic E-state index is 0.0205. The van der Waals surface area contributed by atoms with E-state index < -0.39 is 34.7 Å². The number of nitrogens with one attached hydrogen (secondary N) is 2. The molecule has 3 N–H and O–H groups in total. The number of alkyl halides is 3. The Kier molecular flexibility index (Phi) is 8.62. The summed E-state index contributed by atoms with van der Waals surface area (Å²) in [5.74, 6) is -0.155. The van der Waals surface area contributed by atoms with Gasteiger partial charge in [-0.05, 0) is 55.2 Å². The van der Waals surface area contributed by atoms with Crippen molar-refractivity contribution in [2.75, 3.05) is 30.7 Å². The molecule has 3 aliphatic heterocycles. The summed E-state index contributed by atoms with van der Waals surface area (Å²) in [7, 11) is 0. The molecule has 2 amide bonds. The molecule has 7 rings (SSSR count). The van der Waals surface area contributed by atoms with Gasteiger partial charge in [-0.15, -0.1) is 5.10 Å². The Balaban J connectivity index is 1.24. The highest BCUT2D eigenvalue weighted by Crippen LogP contribution is 2.43. The lowest BCUT2D eigenvalue weighted by Gasteiger charge is -2.38. The number of piperidine rings is 1. The van der Waals surface area contributed by atoms with Crippen molar-refractivity contribution in [2.24, 2.45) is 0 Å². The van der Waals surface area contributed by atoms with Gasteiger partial charge in [-0.25, -0.2) is 4.98 Å². The number of nitrogens with zero attached hydrogens (tertiary/aromatic N) is 6. The van der Waals surface area contributed by atoms with Gasteiger partial charge < -0.3 is 24.6 Å². The number of aromatic nitrogens is 5. The van der Waals surface area contributed by atoms with E-state index in [1.165, 1.54) is 27.8 Å². The van der Waals surface area contributed by atoms with Crippen LogP contribution < -0.4 is 15.6 Å². The van der Waals surface area contributed by atoms with E-state index in [0.29, 0.717) is 24.5 Å². The van der Waals surface area contributed by atoms with Gasteiger partial charge >= 0.3 is 6.18 Å². The second-order valence-corrected chi connectivity index (χ2v) is 13.1. The van der Waals surface area contributed by atoms with E-state index in [0.717, 1.165) is 34.0 Å². The minimum atomic E-state index is -4.61. The molecule has 13 nitrogen and oxygen atoms in total. The van der Waals surface area contributed by atoms with Gasteiger partial charge in [0.15, 0.2) is 11.5 Å². The van der Waals surface area contributed by atoms with Crippen molar-refractivity contribution in [3.05, 3.63) is 86.3 Å². The van der Waals surface area contributed by atoms with Gasteiger partial charge in [0.2, 0.25) is 11.7 Å². The van der Waals surface area contributed by atoms with Crippen molar-refractivity contribution in [1.29, 1.82) is 0 Å². The summed E-state index contributed by atoms with van der Waals surface area (Å²) in [4.78, 5) is 51.1. The van der Waals surface area contributed by atoms with Crippen molar-refractivity contribution in [3.63, 3.8) is 0 Å². The summed E-state index contributed by atoms with van der Waals surface area (Å²) in [6.45, 7) is 0.517. The quantitative estimate of drug-likeness (QED) is 0.258. The van der Waals surface area contributed by atoms with E-state index in [1.807, 2.05) is 6.08 Å². The predicted octanol–water partition coefficient (Wildman–Crippen LogP) is 3.99. The van der Waals surface area contributed by atoms with Gasteiger partial charge in [0, 0.05) is 31.6 Å². The molecule has 49 heavy (non-hydrogen) atoms. The van der Waals surface area contributed by atoms with Gasteiger partial charge in [-0.2, -0.15) is 22.7 Å². The number of halogens is 4. The lowest BCUT2D eigenvalue weighted by Crippen LogP contribution is -2.47. The van der Waals surface area contributed by atoms with Crippen LogP contribution in [0.4, 0.5) is 18.9 Å². The third kappa shape index (κ3) is 6.15. The molecule has 256 valence electrons. The molecule has 0 bridgehead atoms. The van der Waals surface area contributed by atoms with Crippen LogP contribution in [0.1, 0.15) is 52.4 Å². The fraction of sp³-hybridized carbons (Fsp3) is 0.355. The Bertz CT molecular complexity index is 2080. The van der Waals surface area contributed by atoms with Crippen LogP contribution in [0.2, 0.25) is 5.02 Å². The number of rotatable bonds is 5. The lowest BCUT2D eigenvalue weighted by molar-refractivity contribution is -0.137. The molecule has 4 aromatic rings. The third-order valence-electron chi connectivity index (χ3n) is 8.81. The van der Waals surface area contributed by atoms with Crippen LogP contribution in [-0.4, -0.2) is 71.4 Å². The number of carbonyl (C=O) groups is 2. The number of hydrogen-bond donors (Lipinski definition) is 3. The zero-order valence-corrected chi connectivity index (χ0v) is 27.2. The van der Waals surface area contributed by atoms with Crippen LogP contribution in [0.5, 0.6) is 5.75 Å². The maximum absolute atomic E-state index is 14.2. The van der Waals surface area contributed by atoms with Crippen LogP contribution in [0.25, 0.3) is 11.4 Å². The average Bonchev–Trinajstić information content (AvgIpc) is 3.57. The Morgan fingerprint density at radius 1 is 1.20 bits per heavy atom. The first-order valence-corrected chi connectivity index (χ1v) is 16.6. The monoisotopic (exact) mass is 716 g/mol. The zero-order valence-electron chi connectivity index (χ0n) is 25.6. The smallest absolute Gasteiger partial charge is 0.416 e. The summed E-state index contributed by atoms with van der Waals surface area (Å²) >= 11 is 7.66. The van der Waals surface area contributed by atoms with Gasteiger partial charge in [0.05, 0.1) is 34.1 Å². The Morgan fingerprint density at radius 2 is 2.00 bits per heavy atom. The number of pyridine rings is 1. The topological polar surface area (TPSA) is 156 Å². The molecule has 3 aromatic heterocycles. The first-order valence-electron chi connectivity index (χ1n) is 15.3. The van der Waals surface area contributed by atoms with E-state index in [4.69, 9.17) is 16.3 Å². The SMILES string of the molecule is O=C(Cn1c2c(c(=O)n3nc(C4=CCNSCC4)nc13)C1(CCN(C(=O)c3ncccc3O)CC1)OC2)Nc1ccc(C(F)(F)F)cc1Cl. The fourth-order valence-corrected chi connectivity index (χ4v) is 7.25. The maximum Gasteiger partial charge on any atom is 0.416 e. The standard InChI is InChI=1S/C31H28ClF3N8O5S/c32-19-14-18(31(33,34)35)3-4-20(19)38-23(45)15-42-21-16-48-30(7-11-41(12-8-30)28(47)25-22(44)2-1-9-36-25)24(21)27(46)43-29(42)39-26(40-43)17-5-10-37-49-13-6-17/h1-5,9,14,37,44H,6-8,10-13,15-16H2,(H,38,45). The highest BCUT2D eigenvalue weighted by Gasteiger charge is 2.48. The van der Waals surface area contributed by atoms with Crippen LogP contribution in [0.3, 0.4) is 0 Å². The lowest BCUT2D eigenvalue weighted by atomic mass is 9.85. The molecule has 0 radical (unpaired) electrons. The zero-order chi connectivity index (χ0) is 34.5. The molecule has 0 atom stereocenters. The molecule has 3 aliphatic rings. The molecule has 6 heterocycles. The number of hydrogen-bond acceptors (Lipinski definition) is 10. The fourth-order valence-electron chi connectivity index (χ4n) is 6.35. The Hall–Kier alpha value is -4.45. The summed E-state index contributed by atoms with van der Waals surface area (Å²) in [6.07, 6.45) is -0.144. The van der Waals surface area contributed by atoms with Crippen LogP contribution in [0, 0.1) is 0 Å². The number of likely N-dealkylation sites (tertiary alicyclic amines) is 1. The van der Waals surface area contributed by atoms with Crippen LogP contribution in [0.15, 0.2) is 47.4 Å². The number of benzene rings is 1. The van der Waals surface area contributed by atoms with E-state index in [-0.39, 0.29) is 72.6 Å². The van der Waals surface area contributed by atoms with Crippen molar-refractivity contribution < 1.29 is 32.6 Å². The summed E-state index contributed by atoms with van der Waals surface area (Å²) in [5.41, 5.74) is -1.11. The summed E-state index contributed by atoms with van der Waals surface area (Å²) in [5, 5.41) is 17.0. The number of ether oxygens (including phenoxy) is 1. The molecule has 1 saturated heterocycles. The van der Waals surface area contributed by atoms with Crippen LogP contribution >= 0.6 is 23.5 Å². The number of amides is 2. The molecule has 0 aliphatic carbocycles. The molecule has 0 saturated carbocycles. The first kappa shape index (κ1) is 33.1. The molecular formula is C31H28ClF3N8O5S. The van der Waals surface area contributed by atoms with Crippen molar-refractivity contribution in [1.82, 2.24) is 33.8 Å². The molecule has 1 fully saturated rings. The molecule has 1 aromatic carbocycles. The number of aromatic hydroxyl groups is 1. The molecular weight excluding hydrogens is 689 g/mol. The van der Waals surface area contributed by atoms with Gasteiger partial charge in [-0.3, -0.25) is 19.1 Å². The Morgan fingerprint density at radius 3 is 2.73 bits per heavy atom. The third-order valence-corrected chi connectivity index (χ3v) is 9.90. The van der Waals surface area contributed by atoms with Crippen molar-refractivity contribution in [2.45, 2.75) is 44.2 Å². The Labute approximate surface area is 285 Å². The number of anilines is 1. The number of carbonyl (C=O) groups excluding carboxylic acids is 2. The second kappa shape index (κ2) is 12.8. The normalized spacial score (nSPS) is 17.6. The summed E-state index contributed by atoms with van der Waals surface area (Å²) < 4.78 is 51.7. The first-order chi connectivity index (χ1) is 23.4. The highest BCUT2D eigenvalue weighted by molar-refractivity contribution is 7.97. The molecule has 18 heteroatoms. The predicted molar refractivity (Wildman–Crippen MR) is 173 cm³/mol. The molecule has 0 unspecified atom stereocenters. The highest BCUT2D eigenvalue weighted by atomic mass is 35.5. The van der Waals surface area contributed by atoms with E-state index in [9.17, 15) is 32.7 Å². The minimum Gasteiger partial charge on any atom is -0.505 e. The largest absolute Gasteiger partial charge is 0.505 e. The average molecular weight is 717 g/mol. The van der Waals surface area contributed by atoms with Crippen molar-refractivity contribution >= 4 is 52.4 Å². The second-order valence-electron chi connectivity index (χ2n) is 11.7. The van der Waals surface area contributed by atoms with E-state index >= 15 is 0 Å². The molecule has 1 spiro atoms. The van der Waals surface area contributed by atoms with Crippen LogP contribution in [-0.2, 0) is 34.5 Å². The number of allylic oxidation sites excluding steroid dienone is 1. The van der Waals surface area contributed by atoms with Crippen molar-refractivity contribution in [3.8, 4) is 5.75 Å².